The summed E-state index contributed by atoms with van der Waals surface area (Å²) in [5, 5.41) is 8.57. The minimum atomic E-state index is -1.04. The summed E-state index contributed by atoms with van der Waals surface area (Å²) in [6, 6.07) is 2.26. The molecule has 0 aliphatic rings. The minimum absolute atomic E-state index is 0.130. The molecule has 0 unspecified atom stereocenters. The zero-order valence-electron chi connectivity index (χ0n) is 9.21. The highest BCUT2D eigenvalue weighted by Gasteiger charge is 2.13. The van der Waals surface area contributed by atoms with E-state index in [0.29, 0.717) is 11.5 Å². The number of thioether (sulfide) groups is 1. The van der Waals surface area contributed by atoms with Crippen LogP contribution in [-0.4, -0.2) is 35.9 Å². The van der Waals surface area contributed by atoms with Crippen LogP contribution in [0, 0.1) is 0 Å². The van der Waals surface area contributed by atoms with Crippen molar-refractivity contribution in [3.05, 3.63) is 23.7 Å². The number of furan rings is 1. The van der Waals surface area contributed by atoms with Gasteiger partial charge in [-0.1, -0.05) is 0 Å². The molecule has 0 spiro atoms. The summed E-state index contributed by atoms with van der Waals surface area (Å²) >= 11 is 1.32. The number of carbonyl (C=O) groups is 2. The topological polar surface area (TPSA) is 103 Å². The molecule has 1 rings (SSSR count). The lowest BCUT2D eigenvalue weighted by molar-refractivity contribution is -0.137. The number of carboxylic acid groups (broad SMARTS) is 1. The van der Waals surface area contributed by atoms with Gasteiger partial charge in [-0.3, -0.25) is 4.79 Å². The van der Waals surface area contributed by atoms with Crippen LogP contribution in [0.15, 0.2) is 16.5 Å². The molecule has 0 fully saturated rings. The number of esters is 1. The first-order valence-electron chi connectivity index (χ1n) is 4.77. The van der Waals surface area contributed by atoms with Gasteiger partial charge in [-0.05, 0) is 12.1 Å². The number of aliphatic carboxylic acids is 1. The molecule has 0 amide bonds. The van der Waals surface area contributed by atoms with Crippen molar-refractivity contribution in [1.29, 1.82) is 0 Å². The predicted octanol–water partition coefficient (Wildman–Crippen LogP) is 0.711. The van der Waals surface area contributed by atoms with Crippen molar-refractivity contribution in [3.63, 3.8) is 0 Å². The molecular formula is C10H13NO5S. The van der Waals surface area contributed by atoms with Gasteiger partial charge < -0.3 is 20.0 Å². The quantitative estimate of drug-likeness (QED) is 0.725. The van der Waals surface area contributed by atoms with E-state index in [1.807, 2.05) is 0 Å². The van der Waals surface area contributed by atoms with Crippen molar-refractivity contribution in [1.82, 2.24) is 0 Å². The molecular weight excluding hydrogens is 246 g/mol. The Morgan fingerprint density at radius 1 is 1.59 bits per heavy atom. The zero-order chi connectivity index (χ0) is 12.8. The second-order valence-corrected chi connectivity index (χ2v) is 4.25. The van der Waals surface area contributed by atoms with Crippen LogP contribution in [0.3, 0.4) is 0 Å². The number of carbonyl (C=O) groups excluding carboxylic acids is 1. The van der Waals surface area contributed by atoms with Crippen LogP contribution in [0.4, 0.5) is 0 Å². The molecule has 1 heterocycles. The lowest BCUT2D eigenvalue weighted by Gasteiger charge is -2.04. The van der Waals surface area contributed by atoms with Crippen molar-refractivity contribution >= 4 is 23.7 Å². The largest absolute Gasteiger partial charge is 0.480 e. The molecule has 3 N–H and O–H groups in total. The average Bonchev–Trinajstić information content (AvgIpc) is 2.76. The standard InChI is InChI=1S/C10H13NO5S/c1-15-10(14)8-3-2-6(16-8)4-17-5-7(11)9(12)13/h2-3,7H,4-5,11H2,1H3,(H,12,13)/t7-/m1/s1. The van der Waals surface area contributed by atoms with Crippen LogP contribution in [0.5, 0.6) is 0 Å². The first-order chi connectivity index (χ1) is 8.04. The van der Waals surface area contributed by atoms with E-state index in [2.05, 4.69) is 4.74 Å². The fraction of sp³-hybridized carbons (Fsp3) is 0.400. The summed E-state index contributed by atoms with van der Waals surface area (Å²) in [4.78, 5) is 21.5. The van der Waals surface area contributed by atoms with Gasteiger partial charge in [-0.2, -0.15) is 11.8 Å². The number of carboxylic acids is 1. The number of rotatable bonds is 6. The first kappa shape index (κ1) is 13.6. The highest BCUT2D eigenvalue weighted by molar-refractivity contribution is 7.98. The van der Waals surface area contributed by atoms with E-state index in [4.69, 9.17) is 15.3 Å². The molecule has 0 radical (unpaired) electrons. The average molecular weight is 259 g/mol. The van der Waals surface area contributed by atoms with Crippen LogP contribution in [0.25, 0.3) is 0 Å². The van der Waals surface area contributed by atoms with E-state index >= 15 is 0 Å². The molecule has 0 saturated heterocycles. The Morgan fingerprint density at radius 3 is 2.88 bits per heavy atom. The van der Waals surface area contributed by atoms with Gasteiger partial charge in [0.1, 0.15) is 11.8 Å². The Balaban J connectivity index is 2.40. The third-order valence-corrected chi connectivity index (χ3v) is 2.99. The van der Waals surface area contributed by atoms with Crippen LogP contribution >= 0.6 is 11.8 Å². The summed E-state index contributed by atoms with van der Waals surface area (Å²) in [6.45, 7) is 0. The normalized spacial score (nSPS) is 12.1. The van der Waals surface area contributed by atoms with Gasteiger partial charge in [0, 0.05) is 5.75 Å². The molecule has 94 valence electrons. The van der Waals surface area contributed by atoms with Crippen LogP contribution in [-0.2, 0) is 15.3 Å². The van der Waals surface area contributed by atoms with Gasteiger partial charge in [0.05, 0.1) is 12.9 Å². The number of hydrogen-bond acceptors (Lipinski definition) is 6. The van der Waals surface area contributed by atoms with Crippen molar-refractivity contribution in [3.8, 4) is 0 Å². The molecule has 17 heavy (non-hydrogen) atoms. The SMILES string of the molecule is COC(=O)c1ccc(CSC[C@@H](N)C(=O)O)o1. The summed E-state index contributed by atoms with van der Waals surface area (Å²) in [5.74, 6) is -0.129. The Kier molecular flexibility index (Phi) is 5.05. The van der Waals surface area contributed by atoms with Crippen molar-refractivity contribution in [2.24, 2.45) is 5.73 Å². The minimum Gasteiger partial charge on any atom is -0.480 e. The maximum atomic E-state index is 11.1. The monoisotopic (exact) mass is 259 g/mol. The van der Waals surface area contributed by atoms with Crippen LogP contribution in [0.2, 0.25) is 0 Å². The van der Waals surface area contributed by atoms with E-state index < -0.39 is 18.0 Å². The van der Waals surface area contributed by atoms with E-state index in [-0.39, 0.29) is 11.5 Å². The van der Waals surface area contributed by atoms with E-state index in [1.165, 1.54) is 24.9 Å². The van der Waals surface area contributed by atoms with Crippen molar-refractivity contribution < 1.29 is 23.8 Å². The lowest BCUT2D eigenvalue weighted by atomic mass is 10.4. The maximum Gasteiger partial charge on any atom is 0.373 e. The molecule has 6 nitrogen and oxygen atoms in total. The predicted molar refractivity (Wildman–Crippen MR) is 61.8 cm³/mol. The highest BCUT2D eigenvalue weighted by atomic mass is 32.2. The summed E-state index contributed by atoms with van der Waals surface area (Å²) in [5.41, 5.74) is 5.33. The molecule has 0 saturated carbocycles. The smallest absolute Gasteiger partial charge is 0.373 e. The van der Waals surface area contributed by atoms with E-state index in [1.54, 1.807) is 6.07 Å². The van der Waals surface area contributed by atoms with Gasteiger partial charge in [-0.25, -0.2) is 4.79 Å². The summed E-state index contributed by atoms with van der Waals surface area (Å²) < 4.78 is 9.68. The summed E-state index contributed by atoms with van der Waals surface area (Å²) in [6.07, 6.45) is 0. The van der Waals surface area contributed by atoms with Gasteiger partial charge in [0.2, 0.25) is 5.76 Å². The van der Waals surface area contributed by atoms with Gasteiger partial charge in [0.25, 0.3) is 0 Å². The van der Waals surface area contributed by atoms with Crippen molar-refractivity contribution in [2.75, 3.05) is 12.9 Å². The number of ether oxygens (including phenoxy) is 1. The van der Waals surface area contributed by atoms with Crippen LogP contribution < -0.4 is 5.73 Å². The molecule has 1 aromatic rings. The molecule has 1 aromatic heterocycles. The Bertz CT molecular complexity index is 403. The Hall–Kier alpha value is -1.47. The summed E-state index contributed by atoms with van der Waals surface area (Å²) in [7, 11) is 1.27. The first-order valence-corrected chi connectivity index (χ1v) is 5.93. The molecule has 0 aliphatic heterocycles. The van der Waals surface area contributed by atoms with Crippen molar-refractivity contribution in [2.45, 2.75) is 11.8 Å². The molecule has 1 atom stereocenters. The lowest BCUT2D eigenvalue weighted by Crippen LogP contribution is -2.32. The second-order valence-electron chi connectivity index (χ2n) is 3.22. The maximum absolute atomic E-state index is 11.1. The second kappa shape index (κ2) is 6.31. The molecule has 0 aromatic carbocycles. The van der Waals surface area contributed by atoms with E-state index in [0.717, 1.165) is 0 Å². The molecule has 7 heteroatoms. The number of methoxy groups -OCH3 is 1. The molecule has 0 bridgehead atoms. The molecule has 0 aliphatic carbocycles. The van der Waals surface area contributed by atoms with Gasteiger partial charge >= 0.3 is 11.9 Å². The highest BCUT2D eigenvalue weighted by Crippen LogP contribution is 2.16. The Labute approximate surface area is 102 Å². The zero-order valence-corrected chi connectivity index (χ0v) is 10.0. The van der Waals surface area contributed by atoms with E-state index in [9.17, 15) is 9.59 Å². The number of nitrogens with two attached hydrogens (primary N) is 1. The van der Waals surface area contributed by atoms with Gasteiger partial charge in [-0.15, -0.1) is 0 Å². The van der Waals surface area contributed by atoms with Gasteiger partial charge in [0.15, 0.2) is 0 Å². The third kappa shape index (κ3) is 4.12. The number of hydrogen-bond donors (Lipinski definition) is 2. The fourth-order valence-corrected chi connectivity index (χ4v) is 1.89. The third-order valence-electron chi connectivity index (χ3n) is 1.91. The van der Waals surface area contributed by atoms with Crippen LogP contribution in [0.1, 0.15) is 16.3 Å². The fourth-order valence-electron chi connectivity index (χ4n) is 1.02. The Morgan fingerprint density at radius 2 is 2.29 bits per heavy atom.